The number of aliphatic hydroxyl groups is 2. The Bertz CT molecular complexity index is 4490. The number of hydrogen-bond donors (Lipinski definition) is 4. The number of carbonyl (C=O) groups excluding carboxylic acids is 3. The third kappa shape index (κ3) is 26.0. The topological polar surface area (TPSA) is 334 Å². The molecule has 3 aromatic carbocycles. The predicted octanol–water partition coefficient (Wildman–Crippen LogP) is 15.0. The number of sulfone groups is 2. The predicted molar refractivity (Wildman–Crippen MR) is 441 cm³/mol. The van der Waals surface area contributed by atoms with Gasteiger partial charge in [0.15, 0.2) is 19.7 Å². The maximum absolute atomic E-state index is 14.5. The number of nitrogens with zero attached hydrogens (tertiary/aromatic N) is 10. The normalized spacial score (nSPS) is 23.9. The molecule has 33 heteroatoms. The van der Waals surface area contributed by atoms with E-state index in [0.717, 1.165) is 119 Å². The number of aliphatic hydroxyl groups excluding tert-OH is 2. The molecule has 638 valence electrons. The maximum atomic E-state index is 14.5. The summed E-state index contributed by atoms with van der Waals surface area (Å²) in [5.74, 6) is 5.59. The molecule has 8 bridgehead atoms. The SMILES string of the molecule is CC(C)(C)OC(=O)N1CC2CCC(C1)C2CO.CS(=O)(=O)c1ccc(N)c(F)c1.Cc1c(Cl)ncnc1Cl.Cc1c(Cl)ncnc1OCC1C2CCC1CN(C(=O)OC(C)(C)C)C2.Cc1c(Nc2ccc(S(C)(=O)=O)cc2F)ncnc1OCC1C2CCC1CN(C(=O)OC(C)(C)C)C2.OCC1C2CCC1CN(Cc1ccccc1)C2. The highest BCUT2D eigenvalue weighted by Crippen LogP contribution is 2.46. The number of nitrogens with one attached hydrogen (secondary N) is 1. The van der Waals surface area contributed by atoms with Gasteiger partial charge < -0.3 is 59.6 Å². The van der Waals surface area contributed by atoms with Crippen LogP contribution in [0.3, 0.4) is 0 Å². The van der Waals surface area contributed by atoms with Crippen molar-refractivity contribution in [3.8, 4) is 11.8 Å². The number of ether oxygens (including phenoxy) is 5. The van der Waals surface area contributed by atoms with Gasteiger partial charge in [-0.15, -0.1) is 0 Å². The second-order valence-corrected chi connectivity index (χ2v) is 39.8. The molecule has 14 rings (SSSR count). The number of amides is 3. The molecule has 8 atom stereocenters. The number of rotatable bonds is 14. The van der Waals surface area contributed by atoms with Crippen molar-refractivity contribution < 1.29 is 73.9 Å². The molecule has 0 spiro atoms. The fourth-order valence-corrected chi connectivity index (χ4v) is 18.4. The first kappa shape index (κ1) is 92.3. The number of piperidine rings is 4. The average Bonchev–Trinajstić information content (AvgIpc) is 1.65. The van der Waals surface area contributed by atoms with Gasteiger partial charge in [0.1, 0.15) is 68.7 Å². The summed E-state index contributed by atoms with van der Waals surface area (Å²) < 4.78 is 101. The molecule has 26 nitrogen and oxygen atoms in total. The fraction of sp³-hybridized carbons (Fsp3) is 0.602. The van der Waals surface area contributed by atoms with E-state index >= 15 is 0 Å². The lowest BCUT2D eigenvalue weighted by Gasteiger charge is -2.38. The summed E-state index contributed by atoms with van der Waals surface area (Å²) in [6.07, 6.45) is 14.7. The van der Waals surface area contributed by atoms with Crippen molar-refractivity contribution in [3.63, 3.8) is 0 Å². The van der Waals surface area contributed by atoms with Crippen molar-refractivity contribution in [1.29, 1.82) is 0 Å². The lowest BCUT2D eigenvalue weighted by Crippen LogP contribution is -2.48. The fourth-order valence-electron chi connectivity index (χ4n) is 16.7. The Hall–Kier alpha value is -7.58. The molecule has 7 heterocycles. The number of aromatic nitrogens is 6. The molecule has 4 aliphatic heterocycles. The molecule has 3 amide bonds. The van der Waals surface area contributed by atoms with Crippen LogP contribution in [-0.4, -0.2) is 203 Å². The first-order valence-electron chi connectivity index (χ1n) is 39.6. The van der Waals surface area contributed by atoms with Gasteiger partial charge in [0.2, 0.25) is 11.8 Å². The van der Waals surface area contributed by atoms with Gasteiger partial charge in [0, 0.05) is 108 Å². The van der Waals surface area contributed by atoms with E-state index in [4.69, 9.17) is 64.2 Å². The summed E-state index contributed by atoms with van der Waals surface area (Å²) in [6.45, 7) is 31.8. The summed E-state index contributed by atoms with van der Waals surface area (Å²) in [5.41, 5.74) is 7.32. The molecule has 6 aromatic rings. The van der Waals surface area contributed by atoms with Gasteiger partial charge in [0.25, 0.3) is 0 Å². The third-order valence-electron chi connectivity index (χ3n) is 22.6. The van der Waals surface area contributed by atoms with Crippen molar-refractivity contribution in [2.45, 2.75) is 168 Å². The Balaban J connectivity index is 0.000000168. The molecule has 4 saturated carbocycles. The van der Waals surface area contributed by atoms with Crippen LogP contribution in [0.5, 0.6) is 11.8 Å². The van der Waals surface area contributed by atoms with Gasteiger partial charge in [-0.2, -0.15) is 0 Å². The molecular formula is C83H115Cl3F2N12O14S2. The van der Waals surface area contributed by atoms with Crippen LogP contribution >= 0.6 is 34.8 Å². The van der Waals surface area contributed by atoms with Gasteiger partial charge in [-0.25, -0.2) is 69.9 Å². The van der Waals surface area contributed by atoms with E-state index in [-0.39, 0.29) is 46.1 Å². The van der Waals surface area contributed by atoms with Crippen LogP contribution in [-0.2, 0) is 40.4 Å². The summed E-state index contributed by atoms with van der Waals surface area (Å²) in [6, 6.07) is 17.8. The molecule has 4 saturated heterocycles. The molecule has 116 heavy (non-hydrogen) atoms. The molecule has 5 N–H and O–H groups in total. The number of fused-ring (bicyclic) bond motifs is 8. The minimum absolute atomic E-state index is 0.0533. The number of likely N-dealkylation sites (tertiary alicyclic amines) is 4. The van der Waals surface area contributed by atoms with Crippen LogP contribution in [0.25, 0.3) is 0 Å². The van der Waals surface area contributed by atoms with Crippen molar-refractivity contribution in [1.82, 2.24) is 49.5 Å². The Morgan fingerprint density at radius 2 is 0.828 bits per heavy atom. The molecule has 8 unspecified atom stereocenters. The van der Waals surface area contributed by atoms with E-state index in [0.29, 0.717) is 131 Å². The van der Waals surface area contributed by atoms with Crippen LogP contribution in [0.4, 0.5) is 40.4 Å². The zero-order valence-electron chi connectivity index (χ0n) is 68.9. The zero-order valence-corrected chi connectivity index (χ0v) is 72.8. The van der Waals surface area contributed by atoms with E-state index < -0.39 is 48.1 Å². The monoisotopic (exact) mass is 1710 g/mol. The Morgan fingerprint density at radius 1 is 0.483 bits per heavy atom. The highest BCUT2D eigenvalue weighted by atomic mass is 35.5. The van der Waals surface area contributed by atoms with Gasteiger partial charge >= 0.3 is 18.3 Å². The second kappa shape index (κ2) is 40.0. The largest absolute Gasteiger partial charge is 0.477 e. The first-order valence-corrected chi connectivity index (χ1v) is 44.5. The van der Waals surface area contributed by atoms with E-state index in [1.807, 2.05) is 83.9 Å². The second-order valence-electron chi connectivity index (χ2n) is 34.7. The third-order valence-corrected chi connectivity index (χ3v) is 26.0. The Morgan fingerprint density at radius 3 is 1.19 bits per heavy atom. The number of hydrogen-bond acceptors (Lipinski definition) is 23. The van der Waals surface area contributed by atoms with Gasteiger partial charge in [-0.3, -0.25) is 4.90 Å². The lowest BCUT2D eigenvalue weighted by atomic mass is 9.85. The summed E-state index contributed by atoms with van der Waals surface area (Å²) in [4.78, 5) is 68.7. The molecular weight excluding hydrogens is 1600 g/mol. The van der Waals surface area contributed by atoms with Gasteiger partial charge in [0.05, 0.1) is 39.9 Å². The molecule has 8 aliphatic rings. The smallest absolute Gasteiger partial charge is 0.410 e. The van der Waals surface area contributed by atoms with Gasteiger partial charge in [-0.05, 0) is 236 Å². The van der Waals surface area contributed by atoms with Crippen LogP contribution in [0.2, 0.25) is 15.5 Å². The minimum Gasteiger partial charge on any atom is -0.477 e. The van der Waals surface area contributed by atoms with E-state index in [1.165, 1.54) is 74.7 Å². The first-order chi connectivity index (χ1) is 54.5. The highest BCUT2D eigenvalue weighted by molar-refractivity contribution is 7.91. The molecule has 3 aromatic heterocycles. The molecule has 0 radical (unpaired) electrons. The van der Waals surface area contributed by atoms with Crippen LogP contribution < -0.4 is 20.5 Å². The zero-order chi connectivity index (χ0) is 84.9. The lowest BCUT2D eigenvalue weighted by molar-refractivity contribution is 0.00158. The quantitative estimate of drug-likeness (QED) is 0.0447. The van der Waals surface area contributed by atoms with E-state index in [1.54, 1.807) is 13.8 Å². The summed E-state index contributed by atoms with van der Waals surface area (Å²) >= 11 is 17.2. The molecule has 4 aliphatic carbocycles. The average molecular weight is 1710 g/mol. The van der Waals surface area contributed by atoms with Gasteiger partial charge in [-0.1, -0.05) is 65.1 Å². The number of nitrogens with two attached hydrogens (primary N) is 1. The van der Waals surface area contributed by atoms with E-state index in [2.05, 4.69) is 70.5 Å². The number of halogens is 5. The van der Waals surface area contributed by atoms with Crippen LogP contribution in [0.1, 0.15) is 136 Å². The number of carbonyl (C=O) groups is 3. The highest BCUT2D eigenvalue weighted by Gasteiger charge is 2.48. The summed E-state index contributed by atoms with van der Waals surface area (Å²) in [7, 11) is -6.85. The van der Waals surface area contributed by atoms with Crippen molar-refractivity contribution in [3.05, 3.63) is 135 Å². The number of nitrogen functional groups attached to an aromatic ring is 1. The Kier molecular flexibility index (Phi) is 31.8. The minimum atomic E-state index is -3.51. The standard InChI is InChI=1S/C25H33FN4O5S.C18H26ClN3O3.C15H21NO.C13H23NO3.C7H8FNO2S.C5H4Cl2N2/c1-15-22(29-21-9-8-18(10-20(21)26)36(5,32)33)27-14-28-23(15)34-13-19-16-6-7-17(19)12-30(11-16)24(31)35-25(2,3)4;1-11-15(19)20-10-21-16(11)24-9-14-12-5-6-13(14)8-22(7-12)17(23)25-18(2,3)4;17-11-15-13-6-7-14(15)10-16(9-13)8-12-4-2-1-3-5-12;1-13(2,3)17-12(16)14-6-9-4-5-10(7-14)11(9)8-15;1-12(10,11)5-2-3-7(9)6(8)4-5;1-3-4(6)8-2-9-5(3)7/h8-10,14,16-17,19H,6-7,11-13H2,1-5H3,(H,27,28,29);10,12-14H,5-9H2,1-4H3;1-5,13-15,17H,6-11H2;9-11,15H,4-8H2,1-3H3;2-4H,9H2,1H3;2H,1H3. The van der Waals surface area contributed by atoms with Crippen molar-refractivity contribution in [2.24, 2.45) is 71.0 Å². The molecule has 8 fully saturated rings. The van der Waals surface area contributed by atoms with Crippen molar-refractivity contribution >= 4 is 89.9 Å². The van der Waals surface area contributed by atoms with Crippen LogP contribution in [0, 0.1) is 103 Å². The maximum Gasteiger partial charge on any atom is 0.410 e. The number of benzene rings is 3. The summed E-state index contributed by atoms with van der Waals surface area (Å²) in [5, 5.41) is 22.9. The number of anilines is 3. The van der Waals surface area contributed by atoms with Crippen molar-refractivity contribution in [2.75, 3.05) is 102 Å². The Labute approximate surface area is 696 Å². The van der Waals surface area contributed by atoms with Crippen LogP contribution in [0.15, 0.2) is 95.5 Å². The van der Waals surface area contributed by atoms with E-state index in [9.17, 15) is 50.2 Å².